The summed E-state index contributed by atoms with van der Waals surface area (Å²) in [6.07, 6.45) is 4.26. The summed E-state index contributed by atoms with van der Waals surface area (Å²) in [7, 11) is -3.21. The molecule has 25 heavy (non-hydrogen) atoms. The highest BCUT2D eigenvalue weighted by Crippen LogP contribution is 2.28. The molecule has 1 N–H and O–H groups in total. The molecule has 1 aliphatic rings. The number of carbonyl (C=O) groups is 1. The molecule has 0 spiro atoms. The lowest BCUT2D eigenvalue weighted by atomic mass is 10.1. The molecule has 6 nitrogen and oxygen atoms in total. The van der Waals surface area contributed by atoms with E-state index in [9.17, 15) is 13.2 Å². The molecule has 0 fully saturated rings. The lowest BCUT2D eigenvalue weighted by molar-refractivity contribution is -0.115. The number of benzene rings is 1. The number of hydrogen-bond acceptors (Lipinski definition) is 4. The number of amides is 1. The van der Waals surface area contributed by atoms with Gasteiger partial charge in [0.15, 0.2) is 9.84 Å². The van der Waals surface area contributed by atoms with Gasteiger partial charge in [-0.25, -0.2) is 13.4 Å². The molecule has 0 bridgehead atoms. The van der Waals surface area contributed by atoms with Gasteiger partial charge >= 0.3 is 0 Å². The molecule has 7 heteroatoms. The maximum Gasteiger partial charge on any atom is 0.230 e. The molecule has 4 rings (SSSR count). The second-order valence-corrected chi connectivity index (χ2v) is 8.33. The van der Waals surface area contributed by atoms with Gasteiger partial charge in [0.25, 0.3) is 0 Å². The van der Waals surface area contributed by atoms with E-state index in [-0.39, 0.29) is 18.1 Å². The molecule has 1 aliphatic heterocycles. The number of aryl methyl sites for hydroxylation is 2. The summed E-state index contributed by atoms with van der Waals surface area (Å²) in [6.45, 7) is 1.97. The summed E-state index contributed by atoms with van der Waals surface area (Å²) < 4.78 is 25.9. The minimum atomic E-state index is -3.21. The van der Waals surface area contributed by atoms with Gasteiger partial charge in [0, 0.05) is 18.1 Å². The zero-order valence-corrected chi connectivity index (χ0v) is 14.5. The Kier molecular flexibility index (Phi) is 3.61. The maximum absolute atomic E-state index is 12.4. The Labute approximate surface area is 145 Å². The summed E-state index contributed by atoms with van der Waals surface area (Å²) in [5.41, 5.74) is 3.96. The molecule has 0 saturated carbocycles. The number of carbonyl (C=O) groups excluding carboxylic acids is 1. The zero-order valence-electron chi connectivity index (χ0n) is 13.7. The summed E-state index contributed by atoms with van der Waals surface area (Å²) in [6, 6.07) is 8.95. The number of anilines is 1. The fourth-order valence-electron chi connectivity index (χ4n) is 3.19. The number of imidazole rings is 1. The lowest BCUT2D eigenvalue weighted by Gasteiger charge is -2.07. The molecule has 0 unspecified atom stereocenters. The quantitative estimate of drug-likeness (QED) is 0.781. The lowest BCUT2D eigenvalue weighted by Crippen LogP contribution is -2.15. The molecule has 0 saturated heterocycles. The first kappa shape index (κ1) is 15.8. The van der Waals surface area contributed by atoms with Crippen molar-refractivity contribution < 1.29 is 13.2 Å². The van der Waals surface area contributed by atoms with Crippen molar-refractivity contribution in [3.05, 3.63) is 59.5 Å². The van der Waals surface area contributed by atoms with Crippen LogP contribution in [0.5, 0.6) is 0 Å². The van der Waals surface area contributed by atoms with Crippen LogP contribution in [0.3, 0.4) is 0 Å². The Bertz CT molecular complexity index is 1100. The van der Waals surface area contributed by atoms with Crippen molar-refractivity contribution in [2.45, 2.75) is 24.7 Å². The maximum atomic E-state index is 12.4. The van der Waals surface area contributed by atoms with Crippen molar-refractivity contribution in [3.63, 3.8) is 0 Å². The van der Waals surface area contributed by atoms with Gasteiger partial charge in [-0.05, 0) is 42.7 Å². The van der Waals surface area contributed by atoms with Crippen LogP contribution in [0.15, 0.2) is 47.6 Å². The first-order valence-corrected chi connectivity index (χ1v) is 9.66. The minimum Gasteiger partial charge on any atom is -0.326 e. The van der Waals surface area contributed by atoms with Gasteiger partial charge in [0.2, 0.25) is 5.91 Å². The van der Waals surface area contributed by atoms with Gasteiger partial charge in [-0.1, -0.05) is 12.1 Å². The second-order valence-electron chi connectivity index (χ2n) is 6.25. The highest BCUT2D eigenvalue weighted by molar-refractivity contribution is 7.91. The predicted molar refractivity (Wildman–Crippen MR) is 94.5 cm³/mol. The molecule has 0 radical (unpaired) electrons. The number of hydrogen-bond donors (Lipinski definition) is 1. The fraction of sp³-hybridized carbons (Fsp3) is 0.222. The predicted octanol–water partition coefficient (Wildman–Crippen LogP) is 2.15. The van der Waals surface area contributed by atoms with Crippen LogP contribution in [-0.2, 0) is 27.5 Å². The molecule has 0 aliphatic carbocycles. The van der Waals surface area contributed by atoms with Crippen molar-refractivity contribution in [1.29, 1.82) is 0 Å². The van der Waals surface area contributed by atoms with Crippen LogP contribution in [0.2, 0.25) is 0 Å². The smallest absolute Gasteiger partial charge is 0.230 e. The van der Waals surface area contributed by atoms with E-state index in [0.717, 1.165) is 22.5 Å². The van der Waals surface area contributed by atoms with Crippen molar-refractivity contribution in [2.24, 2.45) is 0 Å². The summed E-state index contributed by atoms with van der Waals surface area (Å²) in [5.74, 6) is -0.0698. The number of nitrogens with one attached hydrogen (secondary N) is 1. The van der Waals surface area contributed by atoms with Gasteiger partial charge in [-0.3, -0.25) is 4.79 Å². The Morgan fingerprint density at radius 1 is 1.32 bits per heavy atom. The van der Waals surface area contributed by atoms with Crippen LogP contribution in [0.4, 0.5) is 5.69 Å². The van der Waals surface area contributed by atoms with Crippen molar-refractivity contribution in [2.75, 3.05) is 11.1 Å². The van der Waals surface area contributed by atoms with E-state index in [2.05, 4.69) is 10.3 Å². The second kappa shape index (κ2) is 5.70. The van der Waals surface area contributed by atoms with Crippen LogP contribution < -0.4 is 5.32 Å². The van der Waals surface area contributed by atoms with Gasteiger partial charge in [-0.15, -0.1) is 0 Å². The first-order chi connectivity index (χ1) is 11.9. The molecule has 2 aromatic heterocycles. The third kappa shape index (κ3) is 2.80. The van der Waals surface area contributed by atoms with E-state index < -0.39 is 9.84 Å². The Morgan fingerprint density at radius 3 is 3.00 bits per heavy atom. The molecule has 1 aromatic carbocycles. The highest BCUT2D eigenvalue weighted by Gasteiger charge is 2.26. The van der Waals surface area contributed by atoms with Crippen LogP contribution in [0, 0.1) is 6.92 Å². The Hall–Kier alpha value is -2.67. The molecule has 3 heterocycles. The van der Waals surface area contributed by atoms with E-state index >= 15 is 0 Å². The molecule has 1 amide bonds. The molecule has 128 valence electrons. The van der Waals surface area contributed by atoms with Crippen LogP contribution >= 0.6 is 0 Å². The van der Waals surface area contributed by atoms with Crippen molar-refractivity contribution in [3.8, 4) is 0 Å². The first-order valence-electron chi connectivity index (χ1n) is 8.01. The van der Waals surface area contributed by atoms with Crippen molar-refractivity contribution in [1.82, 2.24) is 9.38 Å². The summed E-state index contributed by atoms with van der Waals surface area (Å²) in [4.78, 5) is 17.0. The SMILES string of the molecule is Cc1cccn2c(CC(=O)Nc3ccc4c(c3)S(=O)(=O)CC4)cnc12. The molecule has 0 atom stereocenters. The van der Waals surface area contributed by atoms with Gasteiger partial charge in [0.1, 0.15) is 5.65 Å². The third-order valence-corrected chi connectivity index (χ3v) is 6.27. The summed E-state index contributed by atoms with van der Waals surface area (Å²) in [5, 5.41) is 2.78. The monoisotopic (exact) mass is 355 g/mol. The van der Waals surface area contributed by atoms with Crippen LogP contribution in [0.1, 0.15) is 16.8 Å². The molecular weight excluding hydrogens is 338 g/mol. The average molecular weight is 355 g/mol. The number of nitrogens with zero attached hydrogens (tertiary/aromatic N) is 2. The Morgan fingerprint density at radius 2 is 2.16 bits per heavy atom. The fourth-order valence-corrected chi connectivity index (χ4v) is 4.77. The zero-order chi connectivity index (χ0) is 17.6. The van der Waals surface area contributed by atoms with Crippen molar-refractivity contribution >= 4 is 27.1 Å². The standard InChI is InChI=1S/C18H17N3O3S/c1-12-3-2-7-21-15(11-19-18(12)21)10-17(22)20-14-5-4-13-6-8-25(23,24)16(13)9-14/h2-5,7,9,11H,6,8,10H2,1H3,(H,20,22). The van der Waals surface area contributed by atoms with E-state index in [1.54, 1.807) is 24.4 Å². The number of aromatic nitrogens is 2. The van der Waals surface area contributed by atoms with E-state index in [1.165, 1.54) is 0 Å². The number of sulfone groups is 1. The third-order valence-electron chi connectivity index (χ3n) is 4.48. The topological polar surface area (TPSA) is 80.5 Å². The van der Waals surface area contributed by atoms with Gasteiger partial charge < -0.3 is 9.72 Å². The number of fused-ring (bicyclic) bond motifs is 2. The molecule has 3 aromatic rings. The number of rotatable bonds is 3. The van der Waals surface area contributed by atoms with Crippen LogP contribution in [-0.4, -0.2) is 29.5 Å². The average Bonchev–Trinajstić information content (AvgIpc) is 3.10. The van der Waals surface area contributed by atoms with Gasteiger partial charge in [0.05, 0.1) is 22.8 Å². The van der Waals surface area contributed by atoms with E-state index in [4.69, 9.17) is 0 Å². The van der Waals surface area contributed by atoms with E-state index in [1.807, 2.05) is 29.7 Å². The highest BCUT2D eigenvalue weighted by atomic mass is 32.2. The Balaban J connectivity index is 1.56. The number of pyridine rings is 1. The van der Waals surface area contributed by atoms with E-state index in [0.29, 0.717) is 17.0 Å². The normalized spacial score (nSPS) is 15.2. The largest absolute Gasteiger partial charge is 0.326 e. The minimum absolute atomic E-state index is 0.140. The van der Waals surface area contributed by atoms with Gasteiger partial charge in [-0.2, -0.15) is 0 Å². The van der Waals surface area contributed by atoms with Crippen LogP contribution in [0.25, 0.3) is 5.65 Å². The summed E-state index contributed by atoms with van der Waals surface area (Å²) >= 11 is 0. The molecular formula is C18H17N3O3S.